The van der Waals surface area contributed by atoms with Crippen LogP contribution < -0.4 is 14.4 Å². The molecular formula is C24H28N2O4. The summed E-state index contributed by atoms with van der Waals surface area (Å²) >= 11 is 0. The Labute approximate surface area is 176 Å². The van der Waals surface area contributed by atoms with Gasteiger partial charge >= 0.3 is 0 Å². The standard InChI is InChI=1S/C24H28N2O4/c1-4-15-12-23(2,3)22(28)26(21(15)27)16-8-9-19(25-13-16)30-18-7-5-6-17-20(18)24(10-11-24)14-29-17/h5-9,13,15,21,27H,4,10-12,14H2,1-3H3. The molecule has 2 atom stereocenters. The molecular weight excluding hydrogens is 380 g/mol. The topological polar surface area (TPSA) is 71.9 Å². The van der Waals surface area contributed by atoms with Crippen molar-refractivity contribution in [1.82, 2.24) is 4.98 Å². The highest BCUT2D eigenvalue weighted by atomic mass is 16.5. The minimum atomic E-state index is -0.839. The van der Waals surface area contributed by atoms with E-state index in [0.29, 0.717) is 18.0 Å². The molecule has 1 N–H and O–H groups in total. The largest absolute Gasteiger partial charge is 0.492 e. The predicted molar refractivity (Wildman–Crippen MR) is 113 cm³/mol. The van der Waals surface area contributed by atoms with E-state index in [1.54, 1.807) is 18.3 Å². The summed E-state index contributed by atoms with van der Waals surface area (Å²) in [5.41, 5.74) is 1.33. The molecule has 1 saturated carbocycles. The number of hydrogen-bond acceptors (Lipinski definition) is 5. The smallest absolute Gasteiger partial charge is 0.234 e. The first-order valence-corrected chi connectivity index (χ1v) is 10.8. The van der Waals surface area contributed by atoms with Crippen LogP contribution in [0.3, 0.4) is 0 Å². The van der Waals surface area contributed by atoms with Gasteiger partial charge in [-0.1, -0.05) is 26.8 Å². The van der Waals surface area contributed by atoms with Crippen LogP contribution in [0.15, 0.2) is 36.5 Å². The molecule has 5 rings (SSSR count). The lowest BCUT2D eigenvalue weighted by molar-refractivity contribution is -0.135. The third kappa shape index (κ3) is 2.97. The zero-order valence-electron chi connectivity index (χ0n) is 17.7. The van der Waals surface area contributed by atoms with Crippen molar-refractivity contribution in [3.05, 3.63) is 42.1 Å². The van der Waals surface area contributed by atoms with Gasteiger partial charge in [-0.25, -0.2) is 4.98 Å². The number of rotatable bonds is 4. The van der Waals surface area contributed by atoms with Gasteiger partial charge in [-0.3, -0.25) is 9.69 Å². The lowest BCUT2D eigenvalue weighted by Gasteiger charge is -2.44. The number of benzene rings is 1. The summed E-state index contributed by atoms with van der Waals surface area (Å²) in [7, 11) is 0. The number of aliphatic hydroxyl groups excluding tert-OH is 1. The quantitative estimate of drug-likeness (QED) is 0.812. The normalized spacial score (nSPS) is 25.7. The van der Waals surface area contributed by atoms with Gasteiger partial charge in [0.05, 0.1) is 18.5 Å². The van der Waals surface area contributed by atoms with E-state index in [2.05, 4.69) is 4.98 Å². The fourth-order valence-corrected chi connectivity index (χ4v) is 4.89. The Bertz CT molecular complexity index is 981. The predicted octanol–water partition coefficient (Wildman–Crippen LogP) is 4.41. The van der Waals surface area contributed by atoms with Gasteiger partial charge in [-0.2, -0.15) is 0 Å². The van der Waals surface area contributed by atoms with Crippen LogP contribution in [-0.2, 0) is 10.2 Å². The summed E-state index contributed by atoms with van der Waals surface area (Å²) in [6.07, 6.45) is 4.50. The minimum Gasteiger partial charge on any atom is -0.492 e. The third-order valence-electron chi connectivity index (χ3n) is 6.87. The van der Waals surface area contributed by atoms with E-state index in [1.165, 1.54) is 4.90 Å². The van der Waals surface area contributed by atoms with Gasteiger partial charge in [-0.05, 0) is 43.9 Å². The first kappa shape index (κ1) is 19.4. The Morgan fingerprint density at radius 2 is 2.07 bits per heavy atom. The number of amides is 1. The minimum absolute atomic E-state index is 0.0373. The van der Waals surface area contributed by atoms with Gasteiger partial charge in [0.1, 0.15) is 17.7 Å². The van der Waals surface area contributed by atoms with Crippen LogP contribution in [0.25, 0.3) is 0 Å². The Morgan fingerprint density at radius 3 is 2.73 bits per heavy atom. The highest BCUT2D eigenvalue weighted by Gasteiger charge is 2.52. The van der Waals surface area contributed by atoms with Gasteiger partial charge in [0.15, 0.2) is 0 Å². The molecule has 30 heavy (non-hydrogen) atoms. The zero-order valence-corrected chi connectivity index (χ0v) is 17.7. The van der Waals surface area contributed by atoms with Gasteiger partial charge in [-0.15, -0.1) is 0 Å². The number of pyridine rings is 1. The molecule has 1 aliphatic carbocycles. The number of anilines is 1. The molecule has 158 valence electrons. The van der Waals surface area contributed by atoms with Crippen LogP contribution in [0.1, 0.15) is 52.0 Å². The molecule has 1 saturated heterocycles. The fraction of sp³-hybridized carbons (Fsp3) is 0.500. The molecule has 3 heterocycles. The van der Waals surface area contributed by atoms with Crippen LogP contribution in [0, 0.1) is 11.3 Å². The molecule has 1 spiro atoms. The third-order valence-corrected chi connectivity index (χ3v) is 6.87. The van der Waals surface area contributed by atoms with Gasteiger partial charge in [0.25, 0.3) is 0 Å². The van der Waals surface area contributed by atoms with E-state index in [1.807, 2.05) is 39.0 Å². The first-order chi connectivity index (χ1) is 14.3. The lowest BCUT2D eigenvalue weighted by Crippen LogP contribution is -2.56. The molecule has 2 aliphatic heterocycles. The number of ether oxygens (including phenoxy) is 2. The average molecular weight is 408 g/mol. The maximum atomic E-state index is 13.0. The number of fused-ring (bicyclic) bond motifs is 2. The van der Waals surface area contributed by atoms with Crippen molar-refractivity contribution < 1.29 is 19.4 Å². The van der Waals surface area contributed by atoms with Crippen molar-refractivity contribution >= 4 is 11.6 Å². The van der Waals surface area contributed by atoms with E-state index in [0.717, 1.165) is 42.9 Å². The Hall–Kier alpha value is -2.60. The molecule has 1 aromatic heterocycles. The molecule has 2 aromatic rings. The van der Waals surface area contributed by atoms with Crippen LogP contribution in [0.2, 0.25) is 0 Å². The molecule has 2 fully saturated rings. The van der Waals surface area contributed by atoms with Gasteiger partial charge < -0.3 is 14.6 Å². The van der Waals surface area contributed by atoms with E-state index in [9.17, 15) is 9.90 Å². The number of carbonyl (C=O) groups is 1. The molecule has 0 radical (unpaired) electrons. The van der Waals surface area contributed by atoms with Crippen LogP contribution in [0.4, 0.5) is 5.69 Å². The molecule has 1 aromatic carbocycles. The summed E-state index contributed by atoms with van der Waals surface area (Å²) in [4.78, 5) is 18.9. The molecule has 0 bridgehead atoms. The fourth-order valence-electron chi connectivity index (χ4n) is 4.89. The second-order valence-electron chi connectivity index (χ2n) is 9.50. The van der Waals surface area contributed by atoms with Crippen molar-refractivity contribution in [3.8, 4) is 17.4 Å². The van der Waals surface area contributed by atoms with Crippen molar-refractivity contribution in [2.24, 2.45) is 11.3 Å². The number of hydrogen-bond donors (Lipinski definition) is 1. The lowest BCUT2D eigenvalue weighted by atomic mass is 9.75. The molecule has 2 unspecified atom stereocenters. The molecule has 3 aliphatic rings. The molecule has 6 nitrogen and oxygen atoms in total. The summed E-state index contributed by atoms with van der Waals surface area (Å²) in [6, 6.07) is 9.42. The average Bonchev–Trinajstić information content (AvgIpc) is 3.41. The second-order valence-corrected chi connectivity index (χ2v) is 9.50. The Morgan fingerprint density at radius 1 is 1.27 bits per heavy atom. The second kappa shape index (κ2) is 6.71. The number of nitrogens with zero attached hydrogens (tertiary/aromatic N) is 2. The van der Waals surface area contributed by atoms with Gasteiger partial charge in [0, 0.05) is 28.4 Å². The van der Waals surface area contributed by atoms with Crippen LogP contribution in [0.5, 0.6) is 17.4 Å². The van der Waals surface area contributed by atoms with E-state index in [4.69, 9.17) is 9.47 Å². The number of piperidine rings is 1. The SMILES string of the molecule is CCC1CC(C)(C)C(=O)N(c2ccc(Oc3cccc4c3C3(CC3)CO4)nc2)C1O. The highest BCUT2D eigenvalue weighted by molar-refractivity contribution is 5.98. The highest BCUT2D eigenvalue weighted by Crippen LogP contribution is 2.58. The van der Waals surface area contributed by atoms with E-state index < -0.39 is 11.6 Å². The summed E-state index contributed by atoms with van der Waals surface area (Å²) in [5, 5.41) is 10.8. The Kier molecular flexibility index (Phi) is 4.33. The summed E-state index contributed by atoms with van der Waals surface area (Å²) in [5.74, 6) is 2.10. The summed E-state index contributed by atoms with van der Waals surface area (Å²) < 4.78 is 12.0. The molecule has 6 heteroatoms. The number of carbonyl (C=O) groups excluding carboxylic acids is 1. The maximum absolute atomic E-state index is 13.0. The molecule has 1 amide bonds. The maximum Gasteiger partial charge on any atom is 0.234 e. The van der Waals surface area contributed by atoms with Crippen molar-refractivity contribution in [3.63, 3.8) is 0 Å². The number of aliphatic hydroxyl groups is 1. The van der Waals surface area contributed by atoms with Crippen molar-refractivity contribution in [2.45, 2.75) is 58.1 Å². The monoisotopic (exact) mass is 408 g/mol. The van der Waals surface area contributed by atoms with Crippen molar-refractivity contribution in [2.75, 3.05) is 11.5 Å². The Balaban J connectivity index is 1.41. The van der Waals surface area contributed by atoms with Crippen LogP contribution in [-0.4, -0.2) is 28.8 Å². The van der Waals surface area contributed by atoms with E-state index >= 15 is 0 Å². The van der Waals surface area contributed by atoms with E-state index in [-0.39, 0.29) is 17.2 Å². The number of aromatic nitrogens is 1. The van der Waals surface area contributed by atoms with Gasteiger partial charge in [0.2, 0.25) is 11.8 Å². The van der Waals surface area contributed by atoms with Crippen LogP contribution >= 0.6 is 0 Å². The first-order valence-electron chi connectivity index (χ1n) is 10.8. The summed E-state index contributed by atoms with van der Waals surface area (Å²) in [6.45, 7) is 6.64. The zero-order chi connectivity index (χ0) is 21.1. The van der Waals surface area contributed by atoms with Crippen molar-refractivity contribution in [1.29, 1.82) is 0 Å².